The van der Waals surface area contributed by atoms with Crippen LogP contribution in [-0.4, -0.2) is 6.29 Å². The molecule has 0 aromatic rings. The van der Waals surface area contributed by atoms with Crippen LogP contribution in [0.25, 0.3) is 0 Å². The second-order valence-electron chi connectivity index (χ2n) is 5.33. The molecule has 1 heteroatoms. The number of fused-ring (bicyclic) bond motifs is 5. The van der Waals surface area contributed by atoms with Crippen LogP contribution in [0.3, 0.4) is 0 Å². The van der Waals surface area contributed by atoms with E-state index in [9.17, 15) is 4.79 Å². The number of aldehydes is 1. The molecule has 3 aliphatic carbocycles. The maximum Gasteiger partial charge on any atom is 0.123 e. The monoisotopic (exact) mass is 190 g/mol. The molecule has 0 aromatic carbocycles. The van der Waals surface area contributed by atoms with Gasteiger partial charge in [0.2, 0.25) is 0 Å². The lowest BCUT2D eigenvalue weighted by molar-refractivity contribution is -0.107. The Morgan fingerprint density at radius 2 is 1.79 bits per heavy atom. The molecule has 76 valence electrons. The average molecular weight is 190 g/mol. The van der Waals surface area contributed by atoms with Crippen LogP contribution in [-0.2, 0) is 4.79 Å². The van der Waals surface area contributed by atoms with Crippen molar-refractivity contribution in [3.05, 3.63) is 11.6 Å². The number of hydrogen-bond acceptors (Lipinski definition) is 1. The molecule has 1 nitrogen and oxygen atoms in total. The first-order valence-corrected chi connectivity index (χ1v) is 6.00. The van der Waals surface area contributed by atoms with E-state index in [-0.39, 0.29) is 0 Å². The highest BCUT2D eigenvalue weighted by molar-refractivity contribution is 5.52. The van der Waals surface area contributed by atoms with Crippen LogP contribution in [0.1, 0.15) is 38.5 Å². The predicted octanol–water partition coefficient (Wildman–Crippen LogP) is 2.96. The Morgan fingerprint density at radius 3 is 2.36 bits per heavy atom. The summed E-state index contributed by atoms with van der Waals surface area (Å²) in [5.41, 5.74) is 1.59. The van der Waals surface area contributed by atoms with Crippen LogP contribution in [0.15, 0.2) is 11.6 Å². The van der Waals surface area contributed by atoms with Crippen LogP contribution < -0.4 is 0 Å². The minimum absolute atomic E-state index is 0.643. The Kier molecular flexibility index (Phi) is 2.00. The van der Waals surface area contributed by atoms with Gasteiger partial charge in [-0.3, -0.25) is 0 Å². The Balaban J connectivity index is 1.73. The maximum atomic E-state index is 10.3. The first-order chi connectivity index (χ1) is 6.88. The van der Waals surface area contributed by atoms with Crippen molar-refractivity contribution in [3.63, 3.8) is 0 Å². The van der Waals surface area contributed by atoms with Gasteiger partial charge >= 0.3 is 0 Å². The van der Waals surface area contributed by atoms with E-state index in [1.165, 1.54) is 32.1 Å². The molecule has 0 amide bonds. The van der Waals surface area contributed by atoms with Gasteiger partial charge in [-0.25, -0.2) is 0 Å². The van der Waals surface area contributed by atoms with Gasteiger partial charge in [-0.2, -0.15) is 0 Å². The van der Waals surface area contributed by atoms with E-state index >= 15 is 0 Å². The molecule has 0 heterocycles. The van der Waals surface area contributed by atoms with E-state index in [1.807, 2.05) is 0 Å². The zero-order valence-corrected chi connectivity index (χ0v) is 8.61. The molecule has 2 unspecified atom stereocenters. The van der Waals surface area contributed by atoms with Crippen LogP contribution in [0.4, 0.5) is 0 Å². The highest BCUT2D eigenvalue weighted by atomic mass is 16.1. The molecule has 3 rings (SSSR count). The zero-order chi connectivity index (χ0) is 9.54. The first kappa shape index (κ1) is 8.70. The Hall–Kier alpha value is -0.590. The van der Waals surface area contributed by atoms with Gasteiger partial charge in [0.25, 0.3) is 0 Å². The van der Waals surface area contributed by atoms with Crippen LogP contribution in [0.5, 0.6) is 0 Å². The Morgan fingerprint density at radius 1 is 1.14 bits per heavy atom. The molecule has 3 fully saturated rings. The fourth-order valence-corrected chi connectivity index (χ4v) is 4.24. The molecule has 14 heavy (non-hydrogen) atoms. The van der Waals surface area contributed by atoms with Crippen molar-refractivity contribution in [3.8, 4) is 0 Å². The molecule has 0 N–H and O–H groups in total. The van der Waals surface area contributed by atoms with Crippen LogP contribution in [0, 0.1) is 23.7 Å². The summed E-state index contributed by atoms with van der Waals surface area (Å²) < 4.78 is 0. The van der Waals surface area contributed by atoms with Crippen molar-refractivity contribution in [1.29, 1.82) is 0 Å². The van der Waals surface area contributed by atoms with E-state index in [1.54, 1.807) is 5.57 Å². The smallest absolute Gasteiger partial charge is 0.123 e. The molecule has 0 aliphatic heterocycles. The fourth-order valence-electron chi connectivity index (χ4n) is 4.24. The van der Waals surface area contributed by atoms with Crippen molar-refractivity contribution in [2.75, 3.05) is 0 Å². The summed E-state index contributed by atoms with van der Waals surface area (Å²) in [6.07, 6.45) is 11.0. The predicted molar refractivity (Wildman–Crippen MR) is 55.8 cm³/mol. The van der Waals surface area contributed by atoms with Gasteiger partial charge in [0.1, 0.15) is 6.29 Å². The quantitative estimate of drug-likeness (QED) is 0.483. The molecule has 0 aromatic heterocycles. The molecule has 0 saturated heterocycles. The summed E-state index contributed by atoms with van der Waals surface area (Å²) in [7, 11) is 0. The van der Waals surface area contributed by atoms with E-state index in [0.717, 1.165) is 30.0 Å². The second kappa shape index (κ2) is 3.22. The fraction of sp³-hybridized carbons (Fsp3) is 0.769. The van der Waals surface area contributed by atoms with Gasteiger partial charge in [-0.15, -0.1) is 0 Å². The number of carbonyl (C=O) groups excluding carboxylic acids is 1. The van der Waals surface area contributed by atoms with Crippen LogP contribution in [0.2, 0.25) is 0 Å². The standard InChI is InChI=1S/C13H18O/c14-5-1-2-9-6-12-10-3-4-11(8-10)13(12)7-9/h2,5,10-13H,1,3-4,6-8H2/b9-2-/t10?,11?,12-,13+/m0/s1. The third-order valence-corrected chi connectivity index (χ3v) is 4.77. The average Bonchev–Trinajstić information content (AvgIpc) is 2.85. The summed E-state index contributed by atoms with van der Waals surface area (Å²) in [5, 5.41) is 0. The topological polar surface area (TPSA) is 17.1 Å². The van der Waals surface area contributed by atoms with Crippen molar-refractivity contribution in [2.24, 2.45) is 23.7 Å². The summed E-state index contributed by atoms with van der Waals surface area (Å²) in [4.78, 5) is 10.3. The number of carbonyl (C=O) groups is 1. The zero-order valence-electron chi connectivity index (χ0n) is 8.61. The van der Waals surface area contributed by atoms with Gasteiger partial charge in [-0.05, 0) is 55.8 Å². The molecule has 3 aliphatic rings. The molecule has 2 bridgehead atoms. The van der Waals surface area contributed by atoms with Gasteiger partial charge in [-0.1, -0.05) is 11.6 Å². The minimum Gasteiger partial charge on any atom is -0.303 e. The summed E-state index contributed by atoms with van der Waals surface area (Å²) in [6, 6.07) is 0. The number of rotatable bonds is 2. The molecule has 4 atom stereocenters. The summed E-state index contributed by atoms with van der Waals surface area (Å²) >= 11 is 0. The molecule has 0 spiro atoms. The van der Waals surface area contributed by atoms with E-state index in [2.05, 4.69) is 6.08 Å². The van der Waals surface area contributed by atoms with Crippen molar-refractivity contribution < 1.29 is 4.79 Å². The molecule has 3 saturated carbocycles. The normalized spacial score (nSPS) is 47.3. The lowest BCUT2D eigenvalue weighted by Crippen LogP contribution is -2.15. The largest absolute Gasteiger partial charge is 0.303 e. The highest BCUT2D eigenvalue weighted by Gasteiger charge is 2.50. The van der Waals surface area contributed by atoms with Gasteiger partial charge in [0.15, 0.2) is 0 Å². The van der Waals surface area contributed by atoms with E-state index < -0.39 is 0 Å². The maximum absolute atomic E-state index is 10.3. The third-order valence-electron chi connectivity index (χ3n) is 4.77. The lowest BCUT2D eigenvalue weighted by atomic mass is 9.82. The van der Waals surface area contributed by atoms with Crippen LogP contribution >= 0.6 is 0 Å². The van der Waals surface area contributed by atoms with Gasteiger partial charge in [0.05, 0.1) is 0 Å². The second-order valence-corrected chi connectivity index (χ2v) is 5.33. The lowest BCUT2D eigenvalue weighted by Gasteiger charge is -2.23. The van der Waals surface area contributed by atoms with E-state index in [0.29, 0.717) is 6.42 Å². The Labute approximate surface area is 85.6 Å². The van der Waals surface area contributed by atoms with Crippen molar-refractivity contribution in [1.82, 2.24) is 0 Å². The third kappa shape index (κ3) is 1.18. The first-order valence-electron chi connectivity index (χ1n) is 6.00. The number of hydrogen-bond donors (Lipinski definition) is 0. The number of allylic oxidation sites excluding steroid dienone is 2. The van der Waals surface area contributed by atoms with Crippen molar-refractivity contribution >= 4 is 6.29 Å². The van der Waals surface area contributed by atoms with Gasteiger partial charge in [0, 0.05) is 6.42 Å². The minimum atomic E-state index is 0.643. The summed E-state index contributed by atoms with van der Waals surface area (Å²) in [5.74, 6) is 4.11. The van der Waals surface area contributed by atoms with E-state index in [4.69, 9.17) is 0 Å². The highest BCUT2D eigenvalue weighted by Crippen LogP contribution is 2.59. The molecule has 0 radical (unpaired) electrons. The Bertz CT molecular complexity index is 259. The SMILES string of the molecule is O=CC/C=C1\C[C@@H]2C3CCC(C3)[C@@H]2C1. The van der Waals surface area contributed by atoms with Gasteiger partial charge < -0.3 is 4.79 Å². The molecular formula is C13H18O. The summed E-state index contributed by atoms with van der Waals surface area (Å²) in [6.45, 7) is 0. The molecular weight excluding hydrogens is 172 g/mol. The van der Waals surface area contributed by atoms with Crippen molar-refractivity contribution in [2.45, 2.75) is 38.5 Å².